The Morgan fingerprint density at radius 3 is 2.55 bits per heavy atom. The molecular formula is C14H17F2NO3. The van der Waals surface area contributed by atoms with E-state index in [9.17, 15) is 13.6 Å². The standard InChI is InChI=1S/C14H17F2NO3/c1-2-19-14(18)13(17-11-3-4-11)8-20-12-6-9(15)5-10(16)7-12/h5-7,11,13,17H,2-4,8H2,1H3. The summed E-state index contributed by atoms with van der Waals surface area (Å²) in [6, 6.07) is 2.56. The fourth-order valence-electron chi connectivity index (χ4n) is 1.75. The monoisotopic (exact) mass is 285 g/mol. The van der Waals surface area contributed by atoms with Gasteiger partial charge in [-0.3, -0.25) is 10.1 Å². The van der Waals surface area contributed by atoms with Crippen molar-refractivity contribution in [3.8, 4) is 5.75 Å². The molecule has 6 heteroatoms. The number of hydrogen-bond acceptors (Lipinski definition) is 4. The van der Waals surface area contributed by atoms with Crippen LogP contribution in [-0.4, -0.2) is 31.3 Å². The fraction of sp³-hybridized carbons (Fsp3) is 0.500. The number of esters is 1. The van der Waals surface area contributed by atoms with Crippen molar-refractivity contribution in [1.29, 1.82) is 0 Å². The minimum Gasteiger partial charge on any atom is -0.491 e. The van der Waals surface area contributed by atoms with Crippen LogP contribution in [0.2, 0.25) is 0 Å². The Hall–Kier alpha value is -1.69. The maximum absolute atomic E-state index is 13.0. The molecule has 0 bridgehead atoms. The molecule has 0 amide bonds. The summed E-state index contributed by atoms with van der Waals surface area (Å²) in [6.45, 7) is 1.96. The molecule has 1 fully saturated rings. The van der Waals surface area contributed by atoms with E-state index in [4.69, 9.17) is 9.47 Å². The second-order valence-electron chi connectivity index (χ2n) is 4.66. The van der Waals surface area contributed by atoms with Gasteiger partial charge in [0.15, 0.2) is 0 Å². The van der Waals surface area contributed by atoms with Crippen molar-refractivity contribution >= 4 is 5.97 Å². The Bertz CT molecular complexity index is 457. The molecule has 0 radical (unpaired) electrons. The van der Waals surface area contributed by atoms with Crippen LogP contribution in [-0.2, 0) is 9.53 Å². The molecule has 1 N–H and O–H groups in total. The zero-order valence-corrected chi connectivity index (χ0v) is 11.2. The Morgan fingerprint density at radius 2 is 2.00 bits per heavy atom. The summed E-state index contributed by atoms with van der Waals surface area (Å²) in [7, 11) is 0. The van der Waals surface area contributed by atoms with Crippen LogP contribution in [0, 0.1) is 11.6 Å². The van der Waals surface area contributed by atoms with Gasteiger partial charge >= 0.3 is 5.97 Å². The lowest BCUT2D eigenvalue weighted by molar-refractivity contribution is -0.146. The molecule has 110 valence electrons. The third kappa shape index (κ3) is 4.45. The molecule has 2 rings (SSSR count). The summed E-state index contributed by atoms with van der Waals surface area (Å²) in [6.07, 6.45) is 2.01. The first kappa shape index (κ1) is 14.7. The molecule has 0 heterocycles. The zero-order valence-electron chi connectivity index (χ0n) is 11.2. The summed E-state index contributed by atoms with van der Waals surface area (Å²) >= 11 is 0. The molecule has 0 saturated heterocycles. The molecule has 0 spiro atoms. The molecule has 1 saturated carbocycles. The lowest BCUT2D eigenvalue weighted by Crippen LogP contribution is -2.43. The molecule has 1 aliphatic carbocycles. The molecule has 4 nitrogen and oxygen atoms in total. The van der Waals surface area contributed by atoms with E-state index in [2.05, 4.69) is 5.32 Å². The Kier molecular flexibility index (Phi) is 4.89. The molecule has 0 aliphatic heterocycles. The summed E-state index contributed by atoms with van der Waals surface area (Å²) < 4.78 is 36.3. The van der Waals surface area contributed by atoms with Crippen molar-refractivity contribution in [3.05, 3.63) is 29.8 Å². The number of rotatable bonds is 7. The highest BCUT2D eigenvalue weighted by molar-refractivity contribution is 5.76. The molecule has 0 aromatic heterocycles. The molecule has 20 heavy (non-hydrogen) atoms. The van der Waals surface area contributed by atoms with Crippen LogP contribution in [0.25, 0.3) is 0 Å². The number of carbonyl (C=O) groups excluding carboxylic acids is 1. The first-order valence-electron chi connectivity index (χ1n) is 6.60. The predicted molar refractivity (Wildman–Crippen MR) is 68.4 cm³/mol. The highest BCUT2D eigenvalue weighted by atomic mass is 19.1. The van der Waals surface area contributed by atoms with Gasteiger partial charge in [0.1, 0.15) is 30.0 Å². The van der Waals surface area contributed by atoms with Gasteiger partial charge < -0.3 is 9.47 Å². The van der Waals surface area contributed by atoms with Crippen LogP contribution >= 0.6 is 0 Å². The smallest absolute Gasteiger partial charge is 0.326 e. The van der Waals surface area contributed by atoms with E-state index < -0.39 is 23.6 Å². The number of halogens is 2. The molecule has 1 aromatic carbocycles. The number of ether oxygens (including phenoxy) is 2. The average Bonchev–Trinajstić information content (AvgIpc) is 3.17. The van der Waals surface area contributed by atoms with E-state index >= 15 is 0 Å². The van der Waals surface area contributed by atoms with Gasteiger partial charge in [0.05, 0.1) is 6.61 Å². The quantitative estimate of drug-likeness (QED) is 0.779. The third-order valence-electron chi connectivity index (χ3n) is 2.84. The van der Waals surface area contributed by atoms with Crippen molar-refractivity contribution in [2.45, 2.75) is 31.8 Å². The normalized spacial score (nSPS) is 15.8. The third-order valence-corrected chi connectivity index (χ3v) is 2.84. The Balaban J connectivity index is 1.94. The Labute approximate surface area is 116 Å². The van der Waals surface area contributed by atoms with Crippen LogP contribution in [0.15, 0.2) is 18.2 Å². The minimum absolute atomic E-state index is 0.0295. The van der Waals surface area contributed by atoms with Crippen LogP contribution in [0.3, 0.4) is 0 Å². The number of benzene rings is 1. The van der Waals surface area contributed by atoms with Gasteiger partial charge in [-0.1, -0.05) is 0 Å². The molecule has 1 aliphatic rings. The van der Waals surface area contributed by atoms with E-state index in [0.717, 1.165) is 31.0 Å². The molecular weight excluding hydrogens is 268 g/mol. The fourth-order valence-corrected chi connectivity index (χ4v) is 1.75. The maximum atomic E-state index is 13.0. The first-order chi connectivity index (χ1) is 9.58. The number of hydrogen-bond donors (Lipinski definition) is 1. The summed E-state index contributed by atoms with van der Waals surface area (Å²) in [4.78, 5) is 11.7. The predicted octanol–water partition coefficient (Wildman–Crippen LogP) is 2.03. The molecule has 1 atom stereocenters. The SMILES string of the molecule is CCOC(=O)C(COc1cc(F)cc(F)c1)NC1CC1. The van der Waals surface area contributed by atoms with Crippen molar-refractivity contribution in [3.63, 3.8) is 0 Å². The second-order valence-corrected chi connectivity index (χ2v) is 4.66. The Morgan fingerprint density at radius 1 is 1.35 bits per heavy atom. The van der Waals surface area contributed by atoms with Gasteiger partial charge in [0, 0.05) is 24.2 Å². The lowest BCUT2D eigenvalue weighted by Gasteiger charge is -2.17. The largest absolute Gasteiger partial charge is 0.491 e. The van der Waals surface area contributed by atoms with Crippen LogP contribution in [0.4, 0.5) is 8.78 Å². The topological polar surface area (TPSA) is 47.6 Å². The summed E-state index contributed by atoms with van der Waals surface area (Å²) in [5.74, 6) is -1.81. The zero-order chi connectivity index (χ0) is 14.5. The van der Waals surface area contributed by atoms with Crippen LogP contribution < -0.4 is 10.1 Å². The van der Waals surface area contributed by atoms with Crippen LogP contribution in [0.5, 0.6) is 5.75 Å². The summed E-state index contributed by atoms with van der Waals surface area (Å²) in [5, 5.41) is 3.09. The van der Waals surface area contributed by atoms with Gasteiger partial charge in [0.2, 0.25) is 0 Å². The highest BCUT2D eigenvalue weighted by Crippen LogP contribution is 2.20. The van der Waals surface area contributed by atoms with E-state index in [1.165, 1.54) is 0 Å². The maximum Gasteiger partial charge on any atom is 0.326 e. The summed E-state index contributed by atoms with van der Waals surface area (Å²) in [5.41, 5.74) is 0. The van der Waals surface area contributed by atoms with E-state index in [1.54, 1.807) is 6.92 Å². The second kappa shape index (κ2) is 6.65. The van der Waals surface area contributed by atoms with Gasteiger partial charge in [-0.25, -0.2) is 8.78 Å². The van der Waals surface area contributed by atoms with Crippen molar-refractivity contribution in [2.75, 3.05) is 13.2 Å². The minimum atomic E-state index is -0.720. The number of carbonyl (C=O) groups is 1. The van der Waals surface area contributed by atoms with Crippen molar-refractivity contribution < 1.29 is 23.0 Å². The lowest BCUT2D eigenvalue weighted by atomic mass is 10.3. The number of nitrogens with one attached hydrogen (secondary N) is 1. The molecule has 1 aromatic rings. The highest BCUT2D eigenvalue weighted by Gasteiger charge is 2.29. The van der Waals surface area contributed by atoms with Crippen molar-refractivity contribution in [1.82, 2.24) is 5.32 Å². The van der Waals surface area contributed by atoms with Crippen LogP contribution in [0.1, 0.15) is 19.8 Å². The van der Waals surface area contributed by atoms with Crippen molar-refractivity contribution in [2.24, 2.45) is 0 Å². The van der Waals surface area contributed by atoms with Gasteiger partial charge in [-0.15, -0.1) is 0 Å². The van der Waals surface area contributed by atoms with E-state index in [1.807, 2.05) is 0 Å². The first-order valence-corrected chi connectivity index (χ1v) is 6.60. The van der Waals surface area contributed by atoms with Gasteiger partial charge in [-0.05, 0) is 19.8 Å². The van der Waals surface area contributed by atoms with Gasteiger partial charge in [0.25, 0.3) is 0 Å². The van der Waals surface area contributed by atoms with Gasteiger partial charge in [-0.2, -0.15) is 0 Å². The molecule has 1 unspecified atom stereocenters. The van der Waals surface area contributed by atoms with E-state index in [-0.39, 0.29) is 25.0 Å². The van der Waals surface area contributed by atoms with E-state index in [0.29, 0.717) is 0 Å². The average molecular weight is 285 g/mol.